The zero-order valence-corrected chi connectivity index (χ0v) is 14.0. The molecule has 0 radical (unpaired) electrons. The van der Waals surface area contributed by atoms with Gasteiger partial charge in [-0.15, -0.1) is 11.8 Å². The highest BCUT2D eigenvalue weighted by molar-refractivity contribution is 7.99. The predicted octanol–water partition coefficient (Wildman–Crippen LogP) is 3.89. The van der Waals surface area contributed by atoms with E-state index in [1.165, 1.54) is 24.8 Å². The highest BCUT2D eigenvalue weighted by Crippen LogP contribution is 2.40. The van der Waals surface area contributed by atoms with Crippen LogP contribution in [-0.4, -0.2) is 29.2 Å². The van der Waals surface area contributed by atoms with Crippen molar-refractivity contribution in [1.29, 1.82) is 0 Å². The third kappa shape index (κ3) is 4.05. The van der Waals surface area contributed by atoms with Crippen LogP contribution in [0.3, 0.4) is 0 Å². The Morgan fingerprint density at radius 1 is 1.21 bits per heavy atom. The summed E-state index contributed by atoms with van der Waals surface area (Å²) in [6.07, 6.45) is 0. The summed E-state index contributed by atoms with van der Waals surface area (Å²) in [4.78, 5) is 22.8. The van der Waals surface area contributed by atoms with E-state index in [-0.39, 0.29) is 10.5 Å². The molecule has 0 heterocycles. The van der Waals surface area contributed by atoms with Crippen molar-refractivity contribution in [1.82, 2.24) is 0 Å². The maximum absolute atomic E-state index is 11.4. The van der Waals surface area contributed by atoms with Crippen LogP contribution in [0.15, 0.2) is 53.4 Å². The highest BCUT2D eigenvalue weighted by Gasteiger charge is 2.30. The Bertz CT molecular complexity index is 732. The summed E-state index contributed by atoms with van der Waals surface area (Å²) in [5.41, 5.74) is 0.877. The lowest BCUT2D eigenvalue weighted by Crippen LogP contribution is -2.22. The molecule has 0 fully saturated rings. The fraction of sp³-hybridized carbons (Fsp3) is 0.235. The second-order valence-electron chi connectivity index (χ2n) is 5.14. The molecule has 0 aliphatic heterocycles. The van der Waals surface area contributed by atoms with Crippen LogP contribution in [-0.2, 0) is 0 Å². The van der Waals surface area contributed by atoms with Gasteiger partial charge in [-0.05, 0) is 29.8 Å². The van der Waals surface area contributed by atoms with E-state index in [0.717, 1.165) is 5.56 Å². The van der Waals surface area contributed by atoms with Crippen molar-refractivity contribution in [3.8, 4) is 5.75 Å². The first kappa shape index (κ1) is 17.8. The number of carboxylic acid groups (broad SMARTS) is 1. The number of nitro groups is 1. The molecule has 6 nitrogen and oxygen atoms in total. The fourth-order valence-electron chi connectivity index (χ4n) is 2.23. The van der Waals surface area contributed by atoms with Gasteiger partial charge in [0.15, 0.2) is 0 Å². The maximum atomic E-state index is 11.4. The molecule has 0 amide bonds. The number of rotatable bonds is 7. The fourth-order valence-corrected chi connectivity index (χ4v) is 3.53. The first-order valence-corrected chi connectivity index (χ1v) is 8.08. The lowest BCUT2D eigenvalue weighted by Gasteiger charge is -2.19. The molecule has 0 aromatic heterocycles. The maximum Gasteiger partial charge on any atom is 0.336 e. The summed E-state index contributed by atoms with van der Waals surface area (Å²) in [6.45, 7) is 1.52. The van der Waals surface area contributed by atoms with Crippen molar-refractivity contribution in [3.63, 3.8) is 0 Å². The Kier molecular flexibility index (Phi) is 5.81. The molecule has 126 valence electrons. The summed E-state index contributed by atoms with van der Waals surface area (Å²) in [5, 5.41) is 20.1. The van der Waals surface area contributed by atoms with E-state index in [1.807, 2.05) is 0 Å². The third-order valence-electron chi connectivity index (χ3n) is 3.59. The van der Waals surface area contributed by atoms with Gasteiger partial charge in [-0.3, -0.25) is 10.1 Å². The Labute approximate surface area is 143 Å². The van der Waals surface area contributed by atoms with Crippen LogP contribution in [0.2, 0.25) is 0 Å². The average molecular weight is 347 g/mol. The standard InChI is InChI=1S/C17H17NO5S/c1-11(18(21)22)16(12-7-9-13(23-2)10-8-12)24-15-6-4-3-5-14(15)17(19)20/h3-11,16H,1-2H3,(H,19,20). The summed E-state index contributed by atoms with van der Waals surface area (Å²) < 4.78 is 5.11. The molecule has 0 aliphatic carbocycles. The number of hydrogen-bond donors (Lipinski definition) is 1. The lowest BCUT2D eigenvalue weighted by atomic mass is 10.1. The van der Waals surface area contributed by atoms with Crippen molar-refractivity contribution < 1.29 is 19.6 Å². The number of thioether (sulfide) groups is 1. The van der Waals surface area contributed by atoms with Gasteiger partial charge in [0.2, 0.25) is 6.04 Å². The number of aromatic carboxylic acids is 1. The minimum atomic E-state index is -1.06. The number of carbonyl (C=O) groups is 1. The van der Waals surface area contributed by atoms with Gasteiger partial charge >= 0.3 is 5.97 Å². The number of methoxy groups -OCH3 is 1. The Morgan fingerprint density at radius 2 is 1.83 bits per heavy atom. The summed E-state index contributed by atoms with van der Waals surface area (Å²) >= 11 is 1.18. The van der Waals surface area contributed by atoms with Gasteiger partial charge in [0.1, 0.15) is 11.0 Å². The van der Waals surface area contributed by atoms with E-state index < -0.39 is 17.3 Å². The number of carboxylic acids is 1. The van der Waals surface area contributed by atoms with Crippen LogP contribution in [0.25, 0.3) is 0 Å². The molecule has 2 rings (SSSR count). The SMILES string of the molecule is COc1ccc(C(Sc2ccccc2C(=O)O)C(C)[N+](=O)[O-])cc1. The van der Waals surface area contributed by atoms with Crippen molar-refractivity contribution in [2.45, 2.75) is 23.1 Å². The average Bonchev–Trinajstić information content (AvgIpc) is 2.59. The molecule has 0 spiro atoms. The number of ether oxygens (including phenoxy) is 1. The summed E-state index contributed by atoms with van der Waals surface area (Å²) in [6, 6.07) is 12.6. The van der Waals surface area contributed by atoms with Gasteiger partial charge in [-0.1, -0.05) is 24.3 Å². The van der Waals surface area contributed by atoms with E-state index in [1.54, 1.807) is 49.6 Å². The van der Waals surface area contributed by atoms with Crippen molar-refractivity contribution in [3.05, 3.63) is 69.8 Å². The second-order valence-corrected chi connectivity index (χ2v) is 6.32. The molecular formula is C17H17NO5S. The topological polar surface area (TPSA) is 89.7 Å². The molecule has 24 heavy (non-hydrogen) atoms. The zero-order chi connectivity index (χ0) is 17.7. The molecule has 7 heteroatoms. The van der Waals surface area contributed by atoms with Gasteiger partial charge in [0, 0.05) is 16.7 Å². The first-order chi connectivity index (χ1) is 11.4. The van der Waals surface area contributed by atoms with Crippen molar-refractivity contribution in [2.24, 2.45) is 0 Å². The van der Waals surface area contributed by atoms with E-state index in [9.17, 15) is 20.0 Å². The number of benzene rings is 2. The van der Waals surface area contributed by atoms with Gasteiger partial charge in [-0.25, -0.2) is 4.79 Å². The van der Waals surface area contributed by atoms with E-state index in [0.29, 0.717) is 10.6 Å². The zero-order valence-electron chi connectivity index (χ0n) is 13.2. The van der Waals surface area contributed by atoms with E-state index in [2.05, 4.69) is 0 Å². The molecule has 2 unspecified atom stereocenters. The van der Waals surface area contributed by atoms with Gasteiger partial charge < -0.3 is 9.84 Å². The predicted molar refractivity (Wildman–Crippen MR) is 91.4 cm³/mol. The lowest BCUT2D eigenvalue weighted by molar-refractivity contribution is -0.518. The van der Waals surface area contributed by atoms with Gasteiger partial charge in [-0.2, -0.15) is 0 Å². The van der Waals surface area contributed by atoms with Crippen LogP contribution >= 0.6 is 11.8 Å². The molecule has 0 aliphatic rings. The molecule has 0 saturated carbocycles. The van der Waals surface area contributed by atoms with E-state index >= 15 is 0 Å². The third-order valence-corrected chi connectivity index (χ3v) is 5.12. The van der Waals surface area contributed by atoms with Crippen molar-refractivity contribution >= 4 is 17.7 Å². The van der Waals surface area contributed by atoms with Crippen LogP contribution in [0.1, 0.15) is 28.1 Å². The molecule has 0 saturated heterocycles. The second kappa shape index (κ2) is 7.83. The highest BCUT2D eigenvalue weighted by atomic mass is 32.2. The van der Waals surface area contributed by atoms with Crippen LogP contribution in [0.4, 0.5) is 0 Å². The molecular weight excluding hydrogens is 330 g/mol. The Morgan fingerprint density at radius 3 is 2.38 bits per heavy atom. The van der Waals surface area contributed by atoms with Gasteiger partial charge in [0.25, 0.3) is 0 Å². The quantitative estimate of drug-likeness (QED) is 0.464. The van der Waals surface area contributed by atoms with E-state index in [4.69, 9.17) is 4.74 Å². The minimum absolute atomic E-state index is 0.136. The summed E-state index contributed by atoms with van der Waals surface area (Å²) in [7, 11) is 1.55. The number of hydrogen-bond acceptors (Lipinski definition) is 5. The van der Waals surface area contributed by atoms with Crippen molar-refractivity contribution in [2.75, 3.05) is 7.11 Å². The monoisotopic (exact) mass is 347 g/mol. The molecule has 2 atom stereocenters. The Hall–Kier alpha value is -2.54. The molecule has 0 bridgehead atoms. The van der Waals surface area contributed by atoms with Crippen LogP contribution in [0.5, 0.6) is 5.75 Å². The Balaban J connectivity index is 2.40. The summed E-state index contributed by atoms with van der Waals surface area (Å²) in [5.74, 6) is -0.400. The molecule has 2 aromatic carbocycles. The van der Waals surface area contributed by atoms with Gasteiger partial charge in [0.05, 0.1) is 12.7 Å². The van der Waals surface area contributed by atoms with Crippen LogP contribution < -0.4 is 4.74 Å². The first-order valence-electron chi connectivity index (χ1n) is 7.20. The largest absolute Gasteiger partial charge is 0.497 e. The minimum Gasteiger partial charge on any atom is -0.497 e. The number of nitrogens with zero attached hydrogens (tertiary/aromatic N) is 1. The van der Waals surface area contributed by atoms with Crippen LogP contribution in [0, 0.1) is 10.1 Å². The normalized spacial score (nSPS) is 13.1. The molecule has 1 N–H and O–H groups in total. The molecule has 2 aromatic rings. The smallest absolute Gasteiger partial charge is 0.336 e.